The summed E-state index contributed by atoms with van der Waals surface area (Å²) in [6.45, 7) is 5.79. The maximum atomic E-state index is 5.40. The molecule has 1 aromatic carbocycles. The van der Waals surface area contributed by atoms with Gasteiger partial charge in [-0.3, -0.25) is 0 Å². The van der Waals surface area contributed by atoms with E-state index < -0.39 is 0 Å². The Kier molecular flexibility index (Phi) is 3.37. The predicted molar refractivity (Wildman–Crippen MR) is 59.8 cm³/mol. The molecule has 1 N–H and O–H groups in total. The van der Waals surface area contributed by atoms with Crippen LogP contribution < -0.4 is 5.32 Å². The summed E-state index contributed by atoms with van der Waals surface area (Å²) in [6.07, 6.45) is 1.65. The Morgan fingerprint density at radius 1 is 1.27 bits per heavy atom. The van der Waals surface area contributed by atoms with Gasteiger partial charge in [0, 0.05) is 17.8 Å². The Hall–Kier alpha value is -1.32. The normalized spacial score (nSPS) is 16.5. The lowest BCUT2D eigenvalue weighted by atomic mass is 10.2. The summed E-state index contributed by atoms with van der Waals surface area (Å²) < 4.78 is 10.8. The first-order valence-corrected chi connectivity index (χ1v) is 5.08. The molecule has 1 aromatic rings. The first-order chi connectivity index (χ1) is 7.40. The Labute approximate surface area is 89.7 Å². The standard InChI is InChI=1S/C12H15NO2/c1-2-7-13-11-5-3-10(4-6-11)12-14-8-9-15-12/h2-6,12-13H,1,7-9H2. The number of anilines is 1. The van der Waals surface area contributed by atoms with Gasteiger partial charge in [-0.05, 0) is 12.1 Å². The maximum absolute atomic E-state index is 5.40. The Morgan fingerprint density at radius 2 is 1.93 bits per heavy atom. The van der Waals surface area contributed by atoms with Crippen molar-refractivity contribution in [2.45, 2.75) is 6.29 Å². The van der Waals surface area contributed by atoms with Crippen molar-refractivity contribution < 1.29 is 9.47 Å². The monoisotopic (exact) mass is 205 g/mol. The summed E-state index contributed by atoms with van der Waals surface area (Å²) in [5, 5.41) is 3.21. The maximum Gasteiger partial charge on any atom is 0.184 e. The van der Waals surface area contributed by atoms with Crippen molar-refractivity contribution in [3.05, 3.63) is 42.5 Å². The summed E-state index contributed by atoms with van der Waals surface area (Å²) in [6, 6.07) is 8.07. The van der Waals surface area contributed by atoms with Gasteiger partial charge >= 0.3 is 0 Å². The van der Waals surface area contributed by atoms with E-state index in [2.05, 4.69) is 11.9 Å². The van der Waals surface area contributed by atoms with Crippen LogP contribution in [0.25, 0.3) is 0 Å². The van der Waals surface area contributed by atoms with Gasteiger partial charge < -0.3 is 14.8 Å². The molecule has 0 spiro atoms. The third kappa shape index (κ3) is 2.58. The third-order valence-corrected chi connectivity index (χ3v) is 2.26. The van der Waals surface area contributed by atoms with Crippen LogP contribution in [0, 0.1) is 0 Å². The molecule has 1 aliphatic rings. The highest BCUT2D eigenvalue weighted by atomic mass is 16.7. The zero-order valence-corrected chi connectivity index (χ0v) is 8.61. The number of benzene rings is 1. The minimum Gasteiger partial charge on any atom is -0.382 e. The summed E-state index contributed by atoms with van der Waals surface area (Å²) in [5.74, 6) is 0. The smallest absolute Gasteiger partial charge is 0.184 e. The molecule has 0 bridgehead atoms. The van der Waals surface area contributed by atoms with Crippen molar-refractivity contribution in [2.24, 2.45) is 0 Å². The van der Waals surface area contributed by atoms with E-state index in [1.54, 1.807) is 0 Å². The SMILES string of the molecule is C=CCNc1ccc(C2OCCO2)cc1. The third-order valence-electron chi connectivity index (χ3n) is 2.26. The van der Waals surface area contributed by atoms with E-state index in [9.17, 15) is 0 Å². The summed E-state index contributed by atoms with van der Waals surface area (Å²) in [5.41, 5.74) is 2.15. The Bertz CT molecular complexity index is 315. The zero-order chi connectivity index (χ0) is 10.5. The van der Waals surface area contributed by atoms with Crippen LogP contribution >= 0.6 is 0 Å². The highest BCUT2D eigenvalue weighted by molar-refractivity contribution is 5.45. The van der Waals surface area contributed by atoms with Gasteiger partial charge in [-0.15, -0.1) is 6.58 Å². The molecule has 3 heteroatoms. The van der Waals surface area contributed by atoms with Gasteiger partial charge in [0.2, 0.25) is 0 Å². The van der Waals surface area contributed by atoms with E-state index in [0.29, 0.717) is 13.2 Å². The van der Waals surface area contributed by atoms with Crippen molar-refractivity contribution in [3.63, 3.8) is 0 Å². The quantitative estimate of drug-likeness (QED) is 0.765. The molecule has 0 saturated carbocycles. The molecular weight excluding hydrogens is 190 g/mol. The van der Waals surface area contributed by atoms with Crippen molar-refractivity contribution >= 4 is 5.69 Å². The van der Waals surface area contributed by atoms with E-state index in [0.717, 1.165) is 17.8 Å². The van der Waals surface area contributed by atoms with Crippen LogP contribution in [-0.4, -0.2) is 19.8 Å². The van der Waals surface area contributed by atoms with Crippen molar-refractivity contribution in [3.8, 4) is 0 Å². The van der Waals surface area contributed by atoms with E-state index >= 15 is 0 Å². The van der Waals surface area contributed by atoms with Crippen LogP contribution in [-0.2, 0) is 9.47 Å². The van der Waals surface area contributed by atoms with Gasteiger partial charge in [-0.1, -0.05) is 18.2 Å². The topological polar surface area (TPSA) is 30.5 Å². The number of hydrogen-bond acceptors (Lipinski definition) is 3. The number of rotatable bonds is 4. The van der Waals surface area contributed by atoms with Gasteiger partial charge in [0.1, 0.15) is 0 Å². The van der Waals surface area contributed by atoms with Gasteiger partial charge in [0.25, 0.3) is 0 Å². The van der Waals surface area contributed by atoms with E-state index in [4.69, 9.17) is 9.47 Å². The molecule has 0 aromatic heterocycles. The molecule has 1 aliphatic heterocycles. The number of hydrogen-bond donors (Lipinski definition) is 1. The number of nitrogens with one attached hydrogen (secondary N) is 1. The minimum absolute atomic E-state index is 0.182. The Morgan fingerprint density at radius 3 is 2.53 bits per heavy atom. The molecule has 0 unspecified atom stereocenters. The Balaban J connectivity index is 1.99. The minimum atomic E-state index is -0.182. The largest absolute Gasteiger partial charge is 0.382 e. The van der Waals surface area contributed by atoms with Crippen molar-refractivity contribution in [2.75, 3.05) is 25.1 Å². The van der Waals surface area contributed by atoms with Gasteiger partial charge in [0.15, 0.2) is 6.29 Å². The molecule has 15 heavy (non-hydrogen) atoms. The second-order valence-electron chi connectivity index (χ2n) is 3.37. The van der Waals surface area contributed by atoms with Gasteiger partial charge in [-0.2, -0.15) is 0 Å². The summed E-state index contributed by atoms with van der Waals surface area (Å²) >= 11 is 0. The van der Waals surface area contributed by atoms with Crippen LogP contribution in [0.4, 0.5) is 5.69 Å². The highest BCUT2D eigenvalue weighted by Gasteiger charge is 2.17. The van der Waals surface area contributed by atoms with Crippen molar-refractivity contribution in [1.82, 2.24) is 0 Å². The second-order valence-corrected chi connectivity index (χ2v) is 3.37. The molecule has 0 radical (unpaired) electrons. The van der Waals surface area contributed by atoms with E-state index in [1.807, 2.05) is 30.3 Å². The van der Waals surface area contributed by atoms with E-state index in [1.165, 1.54) is 0 Å². The lowest BCUT2D eigenvalue weighted by Gasteiger charge is -2.10. The fourth-order valence-electron chi connectivity index (χ4n) is 1.50. The zero-order valence-electron chi connectivity index (χ0n) is 8.61. The lowest BCUT2D eigenvalue weighted by molar-refractivity contribution is -0.0441. The molecular formula is C12H15NO2. The highest BCUT2D eigenvalue weighted by Crippen LogP contribution is 2.24. The lowest BCUT2D eigenvalue weighted by Crippen LogP contribution is -2.00. The van der Waals surface area contributed by atoms with Gasteiger partial charge in [-0.25, -0.2) is 0 Å². The molecule has 0 atom stereocenters. The molecule has 80 valence electrons. The fraction of sp³-hybridized carbons (Fsp3) is 0.333. The first-order valence-electron chi connectivity index (χ1n) is 5.08. The summed E-state index contributed by atoms with van der Waals surface area (Å²) in [4.78, 5) is 0. The van der Waals surface area contributed by atoms with Crippen LogP contribution in [0.5, 0.6) is 0 Å². The average Bonchev–Trinajstić information content (AvgIpc) is 2.80. The fourth-order valence-corrected chi connectivity index (χ4v) is 1.50. The average molecular weight is 205 g/mol. The van der Waals surface area contributed by atoms with Crippen LogP contribution in [0.3, 0.4) is 0 Å². The predicted octanol–water partition coefficient (Wildman–Crippen LogP) is 2.33. The van der Waals surface area contributed by atoms with Crippen LogP contribution in [0.15, 0.2) is 36.9 Å². The second kappa shape index (κ2) is 4.96. The molecule has 2 rings (SSSR count). The van der Waals surface area contributed by atoms with Gasteiger partial charge in [0.05, 0.1) is 13.2 Å². The molecule has 0 aliphatic carbocycles. The molecule has 1 saturated heterocycles. The van der Waals surface area contributed by atoms with Crippen LogP contribution in [0.1, 0.15) is 11.9 Å². The van der Waals surface area contributed by atoms with Crippen LogP contribution in [0.2, 0.25) is 0 Å². The molecule has 1 fully saturated rings. The van der Waals surface area contributed by atoms with Crippen molar-refractivity contribution in [1.29, 1.82) is 0 Å². The molecule has 1 heterocycles. The first kappa shape index (κ1) is 10.2. The molecule has 0 amide bonds. The van der Waals surface area contributed by atoms with E-state index in [-0.39, 0.29) is 6.29 Å². The number of ether oxygens (including phenoxy) is 2. The molecule has 3 nitrogen and oxygen atoms in total. The summed E-state index contributed by atoms with van der Waals surface area (Å²) in [7, 11) is 0.